The molecular weight excluding hydrogens is 242 g/mol. The molecule has 0 saturated carbocycles. The van der Waals surface area contributed by atoms with E-state index >= 15 is 0 Å². The second-order valence-corrected chi connectivity index (χ2v) is 3.97. The van der Waals surface area contributed by atoms with E-state index in [0.29, 0.717) is 23.7 Å². The number of carbonyl (C=O) groups excluding carboxylic acids is 2. The molecule has 5 nitrogen and oxygen atoms in total. The molecule has 6 heteroatoms. The first-order chi connectivity index (χ1) is 8.00. The highest BCUT2D eigenvalue weighted by Gasteiger charge is 2.05. The Labute approximate surface area is 104 Å². The van der Waals surface area contributed by atoms with Gasteiger partial charge in [-0.25, -0.2) is 0 Å². The van der Waals surface area contributed by atoms with Gasteiger partial charge in [-0.05, 0) is 17.7 Å². The van der Waals surface area contributed by atoms with E-state index in [1.54, 1.807) is 12.1 Å². The van der Waals surface area contributed by atoms with Gasteiger partial charge in [-0.1, -0.05) is 17.7 Å². The lowest BCUT2D eigenvalue weighted by atomic mass is 10.1. The van der Waals surface area contributed by atoms with Crippen LogP contribution in [0.5, 0.6) is 0 Å². The zero-order chi connectivity index (χ0) is 12.8. The van der Waals surface area contributed by atoms with E-state index in [0.717, 1.165) is 5.56 Å². The van der Waals surface area contributed by atoms with Gasteiger partial charge in [-0.3, -0.25) is 9.59 Å². The van der Waals surface area contributed by atoms with E-state index in [-0.39, 0.29) is 12.3 Å². The van der Waals surface area contributed by atoms with Crippen molar-refractivity contribution in [3.05, 3.63) is 34.3 Å². The monoisotopic (exact) mass is 255 g/mol. The molecule has 0 saturated heterocycles. The molecule has 0 unspecified atom stereocenters. The molecule has 1 aromatic carbocycles. The number of carbonyl (C=O) groups is 2. The molecule has 0 fully saturated rings. The van der Waals surface area contributed by atoms with Crippen molar-refractivity contribution in [2.45, 2.75) is 13.0 Å². The van der Waals surface area contributed by atoms with Crippen LogP contribution in [0.15, 0.2) is 18.2 Å². The van der Waals surface area contributed by atoms with Crippen molar-refractivity contribution in [2.75, 3.05) is 6.54 Å². The molecule has 1 rings (SSSR count). The fourth-order valence-electron chi connectivity index (χ4n) is 1.28. The van der Waals surface area contributed by atoms with Crippen LogP contribution in [0.4, 0.5) is 0 Å². The number of halogens is 1. The van der Waals surface area contributed by atoms with Gasteiger partial charge in [-0.15, -0.1) is 0 Å². The number of benzene rings is 1. The van der Waals surface area contributed by atoms with Gasteiger partial charge in [0.05, 0.1) is 0 Å². The summed E-state index contributed by atoms with van der Waals surface area (Å²) in [7, 11) is 0. The van der Waals surface area contributed by atoms with Crippen LogP contribution in [0.1, 0.15) is 22.3 Å². The lowest BCUT2D eigenvalue weighted by Gasteiger charge is -2.06. The minimum Gasteiger partial charge on any atom is -0.370 e. The maximum Gasteiger partial charge on any atom is 0.248 e. The summed E-state index contributed by atoms with van der Waals surface area (Å²) in [4.78, 5) is 21.4. The van der Waals surface area contributed by atoms with Crippen molar-refractivity contribution >= 4 is 23.4 Å². The number of primary amides is 2. The number of rotatable bonds is 6. The van der Waals surface area contributed by atoms with Crippen LogP contribution in [0.2, 0.25) is 5.02 Å². The average Bonchev–Trinajstić information content (AvgIpc) is 2.25. The van der Waals surface area contributed by atoms with Gasteiger partial charge in [0.15, 0.2) is 0 Å². The average molecular weight is 256 g/mol. The quantitative estimate of drug-likeness (QED) is 0.642. The van der Waals surface area contributed by atoms with Crippen molar-refractivity contribution in [3.8, 4) is 0 Å². The molecule has 0 atom stereocenters. The fourth-order valence-corrected chi connectivity index (χ4v) is 1.53. The number of nitrogens with two attached hydrogens (primary N) is 2. The maximum absolute atomic E-state index is 10.9. The van der Waals surface area contributed by atoms with E-state index in [1.165, 1.54) is 6.07 Å². The number of nitrogens with one attached hydrogen (secondary N) is 1. The van der Waals surface area contributed by atoms with Crippen LogP contribution in [-0.4, -0.2) is 18.4 Å². The second-order valence-electron chi connectivity index (χ2n) is 3.56. The van der Waals surface area contributed by atoms with Gasteiger partial charge in [0.25, 0.3) is 0 Å². The lowest BCUT2D eigenvalue weighted by molar-refractivity contribution is -0.117. The SMILES string of the molecule is NC(=O)CCNCc1ccc(C(N)=O)cc1Cl. The Morgan fingerprint density at radius 2 is 2.00 bits per heavy atom. The largest absolute Gasteiger partial charge is 0.370 e. The van der Waals surface area contributed by atoms with Gasteiger partial charge in [-0.2, -0.15) is 0 Å². The Balaban J connectivity index is 2.54. The van der Waals surface area contributed by atoms with E-state index in [1.807, 2.05) is 0 Å². The highest BCUT2D eigenvalue weighted by molar-refractivity contribution is 6.31. The van der Waals surface area contributed by atoms with Crippen molar-refractivity contribution in [1.82, 2.24) is 5.32 Å². The number of hydrogen-bond acceptors (Lipinski definition) is 3. The highest BCUT2D eigenvalue weighted by Crippen LogP contribution is 2.17. The second kappa shape index (κ2) is 6.22. The van der Waals surface area contributed by atoms with E-state index in [9.17, 15) is 9.59 Å². The minimum absolute atomic E-state index is 0.275. The van der Waals surface area contributed by atoms with Crippen LogP contribution < -0.4 is 16.8 Å². The van der Waals surface area contributed by atoms with Crippen molar-refractivity contribution in [1.29, 1.82) is 0 Å². The minimum atomic E-state index is -0.514. The first-order valence-electron chi connectivity index (χ1n) is 5.08. The summed E-state index contributed by atoms with van der Waals surface area (Å²) in [5.41, 5.74) is 11.3. The number of hydrogen-bond donors (Lipinski definition) is 3. The molecule has 2 amide bonds. The summed E-state index contributed by atoms with van der Waals surface area (Å²) in [5, 5.41) is 3.49. The Bertz CT molecular complexity index is 435. The molecule has 92 valence electrons. The third-order valence-corrected chi connectivity index (χ3v) is 2.55. The Kier molecular flexibility index (Phi) is 4.93. The molecule has 0 aliphatic carbocycles. The highest BCUT2D eigenvalue weighted by atomic mass is 35.5. The third kappa shape index (κ3) is 4.42. The normalized spacial score (nSPS) is 10.2. The summed E-state index contributed by atoms with van der Waals surface area (Å²) in [6.45, 7) is 0.994. The predicted molar refractivity (Wildman–Crippen MR) is 65.5 cm³/mol. The first-order valence-corrected chi connectivity index (χ1v) is 5.45. The van der Waals surface area contributed by atoms with Crippen molar-refractivity contribution in [2.24, 2.45) is 11.5 Å². The molecule has 0 bridgehead atoms. The molecule has 17 heavy (non-hydrogen) atoms. The first kappa shape index (κ1) is 13.5. The maximum atomic E-state index is 10.9. The van der Waals surface area contributed by atoms with Crippen LogP contribution in [-0.2, 0) is 11.3 Å². The molecular formula is C11H14ClN3O2. The van der Waals surface area contributed by atoms with Gasteiger partial charge in [0.1, 0.15) is 0 Å². The smallest absolute Gasteiger partial charge is 0.248 e. The Morgan fingerprint density at radius 3 is 2.53 bits per heavy atom. The standard InChI is InChI=1S/C11H14ClN3O2/c12-9-5-7(11(14)17)1-2-8(9)6-15-4-3-10(13)16/h1-2,5,15H,3-4,6H2,(H2,13,16)(H2,14,17). The molecule has 0 aliphatic rings. The molecule has 1 aromatic rings. The van der Waals surface area contributed by atoms with Gasteiger partial charge < -0.3 is 16.8 Å². The lowest BCUT2D eigenvalue weighted by Crippen LogP contribution is -2.21. The molecule has 0 radical (unpaired) electrons. The fraction of sp³-hybridized carbons (Fsp3) is 0.273. The van der Waals surface area contributed by atoms with Crippen molar-refractivity contribution < 1.29 is 9.59 Å². The number of amides is 2. The summed E-state index contributed by atoms with van der Waals surface area (Å²) < 4.78 is 0. The molecule has 0 aromatic heterocycles. The Hall–Kier alpha value is -1.59. The summed E-state index contributed by atoms with van der Waals surface area (Å²) in [5.74, 6) is -0.868. The zero-order valence-electron chi connectivity index (χ0n) is 9.20. The van der Waals surface area contributed by atoms with E-state index in [2.05, 4.69) is 5.32 Å². The van der Waals surface area contributed by atoms with E-state index < -0.39 is 5.91 Å². The van der Waals surface area contributed by atoms with Crippen LogP contribution in [0.3, 0.4) is 0 Å². The zero-order valence-corrected chi connectivity index (χ0v) is 9.96. The molecule has 0 aliphatic heterocycles. The summed E-state index contributed by atoms with van der Waals surface area (Å²) in [6, 6.07) is 4.86. The van der Waals surface area contributed by atoms with Gasteiger partial charge >= 0.3 is 0 Å². The van der Waals surface area contributed by atoms with Crippen LogP contribution in [0, 0.1) is 0 Å². The topological polar surface area (TPSA) is 98.2 Å². The van der Waals surface area contributed by atoms with Crippen LogP contribution >= 0.6 is 11.6 Å². The van der Waals surface area contributed by atoms with Crippen LogP contribution in [0.25, 0.3) is 0 Å². The molecule has 0 spiro atoms. The van der Waals surface area contributed by atoms with Gasteiger partial charge in [0, 0.05) is 30.1 Å². The van der Waals surface area contributed by atoms with Gasteiger partial charge in [0.2, 0.25) is 11.8 Å². The van der Waals surface area contributed by atoms with Crippen molar-refractivity contribution in [3.63, 3.8) is 0 Å². The molecule has 0 heterocycles. The summed E-state index contributed by atoms with van der Waals surface area (Å²) in [6.07, 6.45) is 0.275. The predicted octanol–water partition coefficient (Wildman–Crippen LogP) is 0.404. The Morgan fingerprint density at radius 1 is 1.29 bits per heavy atom. The van der Waals surface area contributed by atoms with E-state index in [4.69, 9.17) is 23.1 Å². The summed E-state index contributed by atoms with van der Waals surface area (Å²) >= 11 is 5.98. The third-order valence-electron chi connectivity index (χ3n) is 2.20. The molecule has 5 N–H and O–H groups in total.